The number of fused-ring (bicyclic) bond motifs is 1. The van der Waals surface area contributed by atoms with Crippen molar-refractivity contribution >= 4 is 28.3 Å². The lowest BCUT2D eigenvalue weighted by Gasteiger charge is -2.30. The average Bonchev–Trinajstić information content (AvgIpc) is 3.34. The molecule has 0 bridgehead atoms. The summed E-state index contributed by atoms with van der Waals surface area (Å²) in [5.74, 6) is 0.0178. The van der Waals surface area contributed by atoms with Gasteiger partial charge in [-0.1, -0.05) is 17.3 Å². The van der Waals surface area contributed by atoms with Gasteiger partial charge >= 0.3 is 12.4 Å². The Hall–Kier alpha value is -2.75. The van der Waals surface area contributed by atoms with Gasteiger partial charge in [-0.3, -0.25) is 4.98 Å². The SMILES string of the molecule is FC(F)(F)c1cccc(C2(C(F)(F)F)CC(c3cnc(CCl)c4occc34)=NO2)c1. The van der Waals surface area contributed by atoms with Crippen molar-refractivity contribution in [3.05, 3.63) is 65.2 Å². The maximum Gasteiger partial charge on any atom is 0.435 e. The molecular weight excluding hydrogens is 438 g/mol. The minimum absolute atomic E-state index is 0.0178. The number of oxime groups is 1. The van der Waals surface area contributed by atoms with E-state index < -0.39 is 35.5 Å². The van der Waals surface area contributed by atoms with E-state index in [1.165, 1.54) is 18.5 Å². The number of furan rings is 1. The molecule has 4 nitrogen and oxygen atoms in total. The summed E-state index contributed by atoms with van der Waals surface area (Å²) < 4.78 is 86.6. The van der Waals surface area contributed by atoms with Crippen LogP contribution in [0.5, 0.6) is 0 Å². The van der Waals surface area contributed by atoms with E-state index in [0.717, 1.165) is 12.1 Å². The highest BCUT2D eigenvalue weighted by molar-refractivity contribution is 6.18. The summed E-state index contributed by atoms with van der Waals surface area (Å²) in [6, 6.07) is 4.46. The summed E-state index contributed by atoms with van der Waals surface area (Å²) in [4.78, 5) is 8.90. The van der Waals surface area contributed by atoms with E-state index in [0.29, 0.717) is 23.2 Å². The van der Waals surface area contributed by atoms with E-state index in [9.17, 15) is 26.3 Å². The van der Waals surface area contributed by atoms with Crippen LogP contribution in [0, 0.1) is 0 Å². The molecular formula is C19H11ClF6N2O2. The first-order valence-corrected chi connectivity index (χ1v) is 9.01. The maximum absolute atomic E-state index is 14.1. The summed E-state index contributed by atoms with van der Waals surface area (Å²) in [7, 11) is 0. The Labute approximate surface area is 170 Å². The highest BCUT2D eigenvalue weighted by Gasteiger charge is 2.62. The molecule has 1 atom stereocenters. The molecule has 0 N–H and O–H groups in total. The lowest BCUT2D eigenvalue weighted by Crippen LogP contribution is -2.42. The lowest BCUT2D eigenvalue weighted by atomic mass is 9.85. The normalized spacial score (nSPS) is 19.8. The number of benzene rings is 1. The van der Waals surface area contributed by atoms with Crippen LogP contribution in [0.2, 0.25) is 0 Å². The molecule has 0 spiro atoms. The van der Waals surface area contributed by atoms with Gasteiger partial charge in [0.05, 0.1) is 35.5 Å². The number of rotatable bonds is 3. The number of hydrogen-bond acceptors (Lipinski definition) is 4. The summed E-state index contributed by atoms with van der Waals surface area (Å²) in [5.41, 5.74) is -4.21. The van der Waals surface area contributed by atoms with Gasteiger partial charge in [-0.25, -0.2) is 0 Å². The van der Waals surface area contributed by atoms with Gasteiger partial charge in [-0.05, 0) is 18.2 Å². The topological polar surface area (TPSA) is 47.6 Å². The zero-order chi connectivity index (χ0) is 21.7. The van der Waals surface area contributed by atoms with Crippen LogP contribution in [0.1, 0.15) is 28.8 Å². The van der Waals surface area contributed by atoms with Gasteiger partial charge in [0, 0.05) is 22.7 Å². The molecule has 11 heteroatoms. The Morgan fingerprint density at radius 3 is 2.53 bits per heavy atom. The van der Waals surface area contributed by atoms with Crippen LogP contribution in [0.3, 0.4) is 0 Å². The van der Waals surface area contributed by atoms with Gasteiger partial charge in [-0.15, -0.1) is 11.6 Å². The van der Waals surface area contributed by atoms with Crippen molar-refractivity contribution in [3.63, 3.8) is 0 Å². The number of aromatic nitrogens is 1. The quantitative estimate of drug-likeness (QED) is 0.356. The number of hydrogen-bond donors (Lipinski definition) is 0. The van der Waals surface area contributed by atoms with Crippen molar-refractivity contribution < 1.29 is 35.6 Å². The monoisotopic (exact) mass is 448 g/mol. The van der Waals surface area contributed by atoms with E-state index in [2.05, 4.69) is 10.1 Å². The largest absolute Gasteiger partial charge is 0.462 e. The Morgan fingerprint density at radius 2 is 1.87 bits per heavy atom. The Morgan fingerprint density at radius 1 is 1.10 bits per heavy atom. The van der Waals surface area contributed by atoms with E-state index in [1.807, 2.05) is 0 Å². The third-order valence-corrected chi connectivity index (χ3v) is 5.10. The van der Waals surface area contributed by atoms with Crippen LogP contribution in [0.25, 0.3) is 11.0 Å². The molecule has 1 aliphatic heterocycles. The zero-order valence-electron chi connectivity index (χ0n) is 14.8. The molecule has 30 heavy (non-hydrogen) atoms. The van der Waals surface area contributed by atoms with Gasteiger partial charge < -0.3 is 9.25 Å². The molecule has 3 aromatic rings. The van der Waals surface area contributed by atoms with Crippen LogP contribution in [0.4, 0.5) is 26.3 Å². The van der Waals surface area contributed by atoms with Crippen LogP contribution >= 0.6 is 11.6 Å². The predicted octanol–water partition coefficient (Wildman–Crippen LogP) is 6.17. The van der Waals surface area contributed by atoms with Gasteiger partial charge in [-0.2, -0.15) is 26.3 Å². The molecule has 4 rings (SSSR count). The fourth-order valence-electron chi connectivity index (χ4n) is 3.34. The molecule has 1 aliphatic rings. The van der Waals surface area contributed by atoms with E-state index in [4.69, 9.17) is 20.9 Å². The Kier molecular flexibility index (Phi) is 4.72. The third kappa shape index (κ3) is 3.19. The first-order valence-electron chi connectivity index (χ1n) is 8.48. The van der Waals surface area contributed by atoms with Crippen molar-refractivity contribution in [3.8, 4) is 0 Å². The van der Waals surface area contributed by atoms with Crippen molar-refractivity contribution in [2.24, 2.45) is 5.16 Å². The summed E-state index contributed by atoms with van der Waals surface area (Å²) >= 11 is 5.79. The summed E-state index contributed by atoms with van der Waals surface area (Å²) in [6.07, 6.45) is -8.07. The fourth-order valence-corrected chi connectivity index (χ4v) is 3.53. The molecule has 3 heterocycles. The number of alkyl halides is 7. The molecule has 0 radical (unpaired) electrons. The molecule has 0 amide bonds. The fraction of sp³-hybridized carbons (Fsp3) is 0.263. The van der Waals surface area contributed by atoms with Crippen molar-refractivity contribution in [1.82, 2.24) is 4.98 Å². The lowest BCUT2D eigenvalue weighted by molar-refractivity contribution is -0.276. The van der Waals surface area contributed by atoms with Crippen LogP contribution in [0.15, 0.2) is 52.4 Å². The highest BCUT2D eigenvalue weighted by Crippen LogP contribution is 2.50. The summed E-state index contributed by atoms with van der Waals surface area (Å²) in [5, 5.41) is 4.00. The number of halogens is 7. The molecule has 158 valence electrons. The predicted molar refractivity (Wildman–Crippen MR) is 95.0 cm³/mol. The second-order valence-electron chi connectivity index (χ2n) is 6.62. The van der Waals surface area contributed by atoms with Crippen molar-refractivity contribution in [2.75, 3.05) is 0 Å². The smallest absolute Gasteiger partial charge is 0.435 e. The van der Waals surface area contributed by atoms with Gasteiger partial charge in [0.2, 0.25) is 0 Å². The maximum atomic E-state index is 14.1. The Balaban J connectivity index is 1.79. The van der Waals surface area contributed by atoms with Crippen LogP contribution in [-0.4, -0.2) is 16.9 Å². The van der Waals surface area contributed by atoms with Crippen molar-refractivity contribution in [1.29, 1.82) is 0 Å². The first kappa shape index (κ1) is 20.5. The standard InChI is InChI=1S/C19H11ClF6N2O2/c20-8-15-16-12(4-5-29-16)13(9-27-15)14-7-17(30-28-14,19(24,25)26)10-2-1-3-11(6-10)18(21,22)23/h1-6,9H,7-8H2. The van der Waals surface area contributed by atoms with Crippen molar-refractivity contribution in [2.45, 2.75) is 30.3 Å². The second-order valence-corrected chi connectivity index (χ2v) is 6.89. The molecule has 2 aromatic heterocycles. The number of pyridine rings is 1. The molecule has 0 saturated carbocycles. The minimum Gasteiger partial charge on any atom is -0.462 e. The molecule has 1 aromatic carbocycles. The molecule has 0 fully saturated rings. The van der Waals surface area contributed by atoms with Crippen LogP contribution < -0.4 is 0 Å². The van der Waals surface area contributed by atoms with E-state index in [-0.39, 0.29) is 22.7 Å². The van der Waals surface area contributed by atoms with Gasteiger partial charge in [0.25, 0.3) is 5.60 Å². The average molecular weight is 449 g/mol. The minimum atomic E-state index is -5.04. The third-order valence-electron chi connectivity index (χ3n) is 4.85. The van der Waals surface area contributed by atoms with E-state index >= 15 is 0 Å². The first-order chi connectivity index (χ1) is 14.1. The highest BCUT2D eigenvalue weighted by atomic mass is 35.5. The van der Waals surface area contributed by atoms with Gasteiger partial charge in [0.1, 0.15) is 0 Å². The van der Waals surface area contributed by atoms with E-state index in [1.54, 1.807) is 0 Å². The second kappa shape index (κ2) is 6.90. The van der Waals surface area contributed by atoms with Gasteiger partial charge in [0.15, 0.2) is 5.58 Å². The molecule has 0 saturated heterocycles. The Bertz CT molecular complexity index is 1140. The molecule has 0 aliphatic carbocycles. The zero-order valence-corrected chi connectivity index (χ0v) is 15.6. The number of nitrogens with zero attached hydrogens (tertiary/aromatic N) is 2. The molecule has 1 unspecified atom stereocenters. The van der Waals surface area contributed by atoms with Crippen LogP contribution in [-0.2, 0) is 22.5 Å². The summed E-state index contributed by atoms with van der Waals surface area (Å²) in [6.45, 7) is 0.